The van der Waals surface area contributed by atoms with Gasteiger partial charge >= 0.3 is 0 Å². The van der Waals surface area contributed by atoms with Gasteiger partial charge in [-0.3, -0.25) is 4.90 Å². The Kier molecular flexibility index (Phi) is 4.44. The zero-order valence-corrected chi connectivity index (χ0v) is 9.59. The highest BCUT2D eigenvalue weighted by Crippen LogP contribution is 2.12. The molecule has 2 unspecified atom stereocenters. The van der Waals surface area contributed by atoms with Gasteiger partial charge in [-0.15, -0.1) is 6.42 Å². The zero-order chi connectivity index (χ0) is 10.6. The Labute approximate surface area is 88.1 Å². The average molecular weight is 194 g/mol. The average Bonchev–Trinajstić information content (AvgIpc) is 2.10. The number of piperazine rings is 1. The van der Waals surface area contributed by atoms with E-state index in [1.165, 1.54) is 6.42 Å². The molecule has 0 amide bonds. The minimum atomic E-state index is 0.578. The van der Waals surface area contributed by atoms with Crippen LogP contribution in [0.2, 0.25) is 0 Å². The molecule has 1 aliphatic heterocycles. The van der Waals surface area contributed by atoms with Crippen molar-refractivity contribution in [2.24, 2.45) is 5.92 Å². The van der Waals surface area contributed by atoms with Crippen LogP contribution in [0.1, 0.15) is 27.2 Å². The van der Waals surface area contributed by atoms with Gasteiger partial charge in [0.05, 0.1) is 6.54 Å². The van der Waals surface area contributed by atoms with Crippen molar-refractivity contribution in [1.29, 1.82) is 0 Å². The molecule has 0 aromatic heterocycles. The molecule has 1 heterocycles. The number of hydrogen-bond acceptors (Lipinski definition) is 2. The van der Waals surface area contributed by atoms with Crippen LogP contribution >= 0.6 is 0 Å². The lowest BCUT2D eigenvalue weighted by molar-refractivity contribution is 0.149. The molecule has 1 aliphatic rings. The van der Waals surface area contributed by atoms with E-state index in [1.807, 2.05) is 0 Å². The predicted octanol–water partition coefficient (Wildman–Crippen LogP) is 1.33. The second-order valence-electron chi connectivity index (χ2n) is 4.72. The van der Waals surface area contributed by atoms with Gasteiger partial charge in [0.1, 0.15) is 0 Å². The molecule has 0 saturated carbocycles. The van der Waals surface area contributed by atoms with Gasteiger partial charge in [0.15, 0.2) is 0 Å². The largest absolute Gasteiger partial charge is 0.311 e. The third-order valence-electron chi connectivity index (χ3n) is 2.83. The van der Waals surface area contributed by atoms with Crippen LogP contribution in [-0.2, 0) is 0 Å². The maximum absolute atomic E-state index is 5.36. The van der Waals surface area contributed by atoms with Crippen molar-refractivity contribution in [3.63, 3.8) is 0 Å². The third kappa shape index (κ3) is 3.32. The summed E-state index contributed by atoms with van der Waals surface area (Å²) in [6.07, 6.45) is 6.60. The summed E-state index contributed by atoms with van der Waals surface area (Å²) in [7, 11) is 0. The number of hydrogen-bond donors (Lipinski definition) is 1. The van der Waals surface area contributed by atoms with E-state index in [4.69, 9.17) is 6.42 Å². The van der Waals surface area contributed by atoms with Gasteiger partial charge in [-0.2, -0.15) is 0 Å². The van der Waals surface area contributed by atoms with Crippen LogP contribution in [0.4, 0.5) is 0 Å². The summed E-state index contributed by atoms with van der Waals surface area (Å²) in [5, 5.41) is 3.58. The molecule has 0 aromatic rings. The molecule has 80 valence electrons. The maximum atomic E-state index is 5.36. The Morgan fingerprint density at radius 2 is 2.29 bits per heavy atom. The fourth-order valence-electron chi connectivity index (χ4n) is 2.06. The second-order valence-corrected chi connectivity index (χ2v) is 4.72. The lowest BCUT2D eigenvalue weighted by Crippen LogP contribution is -2.55. The van der Waals surface area contributed by atoms with Crippen LogP contribution in [0.3, 0.4) is 0 Å². The zero-order valence-electron chi connectivity index (χ0n) is 9.59. The molecule has 1 rings (SSSR count). The Morgan fingerprint density at radius 3 is 2.86 bits per heavy atom. The number of terminal acetylenes is 1. The van der Waals surface area contributed by atoms with Crippen molar-refractivity contribution in [2.75, 3.05) is 19.6 Å². The van der Waals surface area contributed by atoms with E-state index >= 15 is 0 Å². The SMILES string of the molecule is C#CCN1CC(CC(C)C)NCC1C. The lowest BCUT2D eigenvalue weighted by atomic mass is 10.0. The molecule has 1 N–H and O–H groups in total. The minimum absolute atomic E-state index is 0.578. The quantitative estimate of drug-likeness (QED) is 0.682. The van der Waals surface area contributed by atoms with Crippen molar-refractivity contribution in [2.45, 2.75) is 39.3 Å². The fourth-order valence-corrected chi connectivity index (χ4v) is 2.06. The standard InChI is InChI=1S/C12H22N2/c1-5-6-14-9-12(7-10(2)3)13-8-11(14)4/h1,10-13H,6-9H2,2-4H3. The van der Waals surface area contributed by atoms with Crippen LogP contribution in [0.5, 0.6) is 0 Å². The molecule has 0 bridgehead atoms. The summed E-state index contributed by atoms with van der Waals surface area (Å²) in [5.41, 5.74) is 0. The summed E-state index contributed by atoms with van der Waals surface area (Å²) in [4.78, 5) is 2.39. The molecule has 0 radical (unpaired) electrons. The van der Waals surface area contributed by atoms with Crippen molar-refractivity contribution < 1.29 is 0 Å². The van der Waals surface area contributed by atoms with Gasteiger partial charge in [-0.05, 0) is 19.3 Å². The first-order valence-corrected chi connectivity index (χ1v) is 5.54. The van der Waals surface area contributed by atoms with E-state index in [0.29, 0.717) is 12.1 Å². The highest BCUT2D eigenvalue weighted by molar-refractivity contribution is 4.93. The molecule has 0 spiro atoms. The van der Waals surface area contributed by atoms with E-state index in [1.54, 1.807) is 0 Å². The molecule has 1 saturated heterocycles. The lowest BCUT2D eigenvalue weighted by Gasteiger charge is -2.38. The van der Waals surface area contributed by atoms with E-state index in [-0.39, 0.29) is 0 Å². The predicted molar refractivity (Wildman–Crippen MR) is 61.1 cm³/mol. The van der Waals surface area contributed by atoms with Gasteiger partial charge < -0.3 is 5.32 Å². The normalized spacial score (nSPS) is 29.1. The van der Waals surface area contributed by atoms with Gasteiger partial charge in [-0.25, -0.2) is 0 Å². The first kappa shape index (κ1) is 11.6. The van der Waals surface area contributed by atoms with Crippen LogP contribution in [0, 0.1) is 18.3 Å². The molecule has 0 aliphatic carbocycles. The highest BCUT2D eigenvalue weighted by Gasteiger charge is 2.24. The molecular weight excluding hydrogens is 172 g/mol. The Balaban J connectivity index is 2.41. The maximum Gasteiger partial charge on any atom is 0.0602 e. The van der Waals surface area contributed by atoms with E-state index in [0.717, 1.165) is 25.6 Å². The first-order chi connectivity index (χ1) is 6.63. The minimum Gasteiger partial charge on any atom is -0.311 e. The van der Waals surface area contributed by atoms with Crippen LogP contribution in [0.25, 0.3) is 0 Å². The Hall–Kier alpha value is -0.520. The molecular formula is C12H22N2. The summed E-state index contributed by atoms with van der Waals surface area (Å²) < 4.78 is 0. The first-order valence-electron chi connectivity index (χ1n) is 5.54. The monoisotopic (exact) mass is 194 g/mol. The van der Waals surface area contributed by atoms with E-state index < -0.39 is 0 Å². The third-order valence-corrected chi connectivity index (χ3v) is 2.83. The summed E-state index contributed by atoms with van der Waals surface area (Å²) in [6.45, 7) is 9.73. The van der Waals surface area contributed by atoms with E-state index in [2.05, 4.69) is 36.9 Å². The van der Waals surface area contributed by atoms with E-state index in [9.17, 15) is 0 Å². The summed E-state index contributed by atoms with van der Waals surface area (Å²) in [5.74, 6) is 3.50. The Morgan fingerprint density at radius 1 is 1.57 bits per heavy atom. The fraction of sp³-hybridized carbons (Fsp3) is 0.833. The van der Waals surface area contributed by atoms with Gasteiger partial charge in [0.2, 0.25) is 0 Å². The second kappa shape index (κ2) is 5.38. The summed E-state index contributed by atoms with van der Waals surface area (Å²) in [6, 6.07) is 1.20. The molecule has 2 heteroatoms. The highest BCUT2D eigenvalue weighted by atomic mass is 15.2. The van der Waals surface area contributed by atoms with Crippen molar-refractivity contribution >= 4 is 0 Å². The molecule has 2 nitrogen and oxygen atoms in total. The molecule has 2 atom stereocenters. The Bertz CT molecular complexity index is 205. The number of rotatable bonds is 3. The summed E-state index contributed by atoms with van der Waals surface area (Å²) >= 11 is 0. The number of nitrogens with zero attached hydrogens (tertiary/aromatic N) is 1. The van der Waals surface area contributed by atoms with Gasteiger partial charge in [0.25, 0.3) is 0 Å². The van der Waals surface area contributed by atoms with Crippen molar-refractivity contribution in [3.8, 4) is 12.3 Å². The van der Waals surface area contributed by atoms with Gasteiger partial charge in [-0.1, -0.05) is 19.8 Å². The van der Waals surface area contributed by atoms with Gasteiger partial charge in [0, 0.05) is 25.2 Å². The smallest absolute Gasteiger partial charge is 0.0602 e. The van der Waals surface area contributed by atoms with Crippen LogP contribution < -0.4 is 5.32 Å². The number of nitrogens with one attached hydrogen (secondary N) is 1. The molecule has 0 aromatic carbocycles. The van der Waals surface area contributed by atoms with Crippen molar-refractivity contribution in [1.82, 2.24) is 10.2 Å². The van der Waals surface area contributed by atoms with Crippen LogP contribution in [0.15, 0.2) is 0 Å². The molecule has 1 fully saturated rings. The van der Waals surface area contributed by atoms with Crippen molar-refractivity contribution in [3.05, 3.63) is 0 Å². The molecule has 14 heavy (non-hydrogen) atoms. The topological polar surface area (TPSA) is 15.3 Å². The van der Waals surface area contributed by atoms with Crippen LogP contribution in [-0.4, -0.2) is 36.6 Å².